The molecule has 0 saturated heterocycles. The molecule has 0 spiro atoms. The van der Waals surface area contributed by atoms with E-state index in [9.17, 15) is 14.3 Å². The van der Waals surface area contributed by atoms with Crippen molar-refractivity contribution < 1.29 is 19.0 Å². The van der Waals surface area contributed by atoms with E-state index in [4.69, 9.17) is 10.1 Å². The van der Waals surface area contributed by atoms with Crippen LogP contribution < -0.4 is 10.1 Å². The number of rotatable bonds is 8. The largest absolute Gasteiger partial charge is 0.515 e. The van der Waals surface area contributed by atoms with Crippen LogP contribution in [0.2, 0.25) is 0 Å². The number of ether oxygens (including phenoxy) is 1. The van der Waals surface area contributed by atoms with Crippen molar-refractivity contribution in [2.45, 2.75) is 6.04 Å². The number of carbonyl (C=O) groups excluding carboxylic acids is 1. The van der Waals surface area contributed by atoms with Crippen molar-refractivity contribution in [3.63, 3.8) is 0 Å². The average Bonchev–Trinajstić information content (AvgIpc) is 2.78. The molecule has 0 bridgehead atoms. The van der Waals surface area contributed by atoms with Crippen LogP contribution in [-0.4, -0.2) is 33.7 Å². The summed E-state index contributed by atoms with van der Waals surface area (Å²) in [7, 11) is 1.44. The average molecular weight is 406 g/mol. The first-order chi connectivity index (χ1) is 14.5. The molecule has 0 amide bonds. The van der Waals surface area contributed by atoms with Gasteiger partial charge in [-0.05, 0) is 17.7 Å². The van der Waals surface area contributed by atoms with E-state index < -0.39 is 23.4 Å². The van der Waals surface area contributed by atoms with E-state index in [0.717, 1.165) is 0 Å². The van der Waals surface area contributed by atoms with Gasteiger partial charge >= 0.3 is 0 Å². The minimum atomic E-state index is -1.02. The number of methoxy groups -OCH3 is 1. The van der Waals surface area contributed by atoms with E-state index in [1.807, 2.05) is 0 Å². The molecule has 0 saturated carbocycles. The number of hydrogen-bond donors (Lipinski definition) is 3. The Bertz CT molecular complexity index is 1090. The Labute approximate surface area is 172 Å². The van der Waals surface area contributed by atoms with Crippen LogP contribution in [0.5, 0.6) is 5.88 Å². The van der Waals surface area contributed by atoms with Gasteiger partial charge in [-0.3, -0.25) is 15.2 Å². The van der Waals surface area contributed by atoms with Crippen LogP contribution in [0.3, 0.4) is 0 Å². The molecule has 0 fully saturated rings. The summed E-state index contributed by atoms with van der Waals surface area (Å²) in [6, 6.07) is 13.3. The SMILES string of the molecule is COc1cncc(NC(C(=O)/C(=C/O)C(=N)c2ccccc2F)c2ccccc2)n1. The van der Waals surface area contributed by atoms with Crippen molar-refractivity contribution in [2.75, 3.05) is 12.4 Å². The van der Waals surface area contributed by atoms with Gasteiger partial charge in [0.05, 0.1) is 37.1 Å². The van der Waals surface area contributed by atoms with Crippen LogP contribution in [0.25, 0.3) is 0 Å². The minimum absolute atomic E-state index is 0.0980. The topological polar surface area (TPSA) is 108 Å². The summed E-state index contributed by atoms with van der Waals surface area (Å²) in [4.78, 5) is 21.5. The molecule has 8 heteroatoms. The lowest BCUT2D eigenvalue weighted by atomic mass is 9.92. The van der Waals surface area contributed by atoms with Gasteiger partial charge in [-0.25, -0.2) is 4.39 Å². The highest BCUT2D eigenvalue weighted by Gasteiger charge is 2.28. The van der Waals surface area contributed by atoms with Gasteiger partial charge in [0, 0.05) is 5.56 Å². The number of benzene rings is 2. The van der Waals surface area contributed by atoms with E-state index in [0.29, 0.717) is 11.8 Å². The summed E-state index contributed by atoms with van der Waals surface area (Å²) in [5.74, 6) is -0.804. The molecule has 3 rings (SSSR count). The summed E-state index contributed by atoms with van der Waals surface area (Å²) in [6.45, 7) is 0. The van der Waals surface area contributed by atoms with E-state index in [1.165, 1.54) is 37.7 Å². The maximum Gasteiger partial charge on any atom is 0.233 e. The molecule has 1 heterocycles. The lowest BCUT2D eigenvalue weighted by Crippen LogP contribution is -2.27. The standard InChI is InChI=1S/C22H19FN4O3/c1-30-19-12-25-11-18(26-19)27-21(14-7-3-2-4-8-14)22(29)16(13-28)20(24)15-9-5-6-10-17(15)23/h2-13,21,24,28H,1H3,(H,26,27)/b16-13+,24-20?. The predicted octanol–water partition coefficient (Wildman–Crippen LogP) is 3.86. The lowest BCUT2D eigenvalue weighted by molar-refractivity contribution is -0.116. The van der Waals surface area contributed by atoms with E-state index in [2.05, 4.69) is 15.3 Å². The third-order valence-corrected chi connectivity index (χ3v) is 4.32. The van der Waals surface area contributed by atoms with Crippen LogP contribution in [-0.2, 0) is 4.79 Å². The number of nitrogens with one attached hydrogen (secondary N) is 2. The van der Waals surface area contributed by atoms with Crippen molar-refractivity contribution in [3.8, 4) is 5.88 Å². The first-order valence-corrected chi connectivity index (χ1v) is 8.95. The number of aliphatic hydroxyl groups excluding tert-OH is 1. The molecule has 30 heavy (non-hydrogen) atoms. The number of carbonyl (C=O) groups is 1. The zero-order chi connectivity index (χ0) is 21.5. The van der Waals surface area contributed by atoms with Gasteiger partial charge in [-0.15, -0.1) is 0 Å². The number of hydrogen-bond acceptors (Lipinski definition) is 7. The highest BCUT2D eigenvalue weighted by Crippen LogP contribution is 2.25. The van der Waals surface area contributed by atoms with Crippen molar-refractivity contribution in [2.24, 2.45) is 0 Å². The monoisotopic (exact) mass is 406 g/mol. The van der Waals surface area contributed by atoms with Gasteiger partial charge in [0.2, 0.25) is 5.88 Å². The number of aromatic nitrogens is 2. The molecular weight excluding hydrogens is 387 g/mol. The van der Waals surface area contributed by atoms with Crippen LogP contribution in [0.4, 0.5) is 10.2 Å². The van der Waals surface area contributed by atoms with Crippen LogP contribution in [0.1, 0.15) is 17.2 Å². The highest BCUT2D eigenvalue weighted by molar-refractivity contribution is 6.28. The Morgan fingerprint density at radius 2 is 1.87 bits per heavy atom. The second-order valence-electron chi connectivity index (χ2n) is 6.20. The van der Waals surface area contributed by atoms with Crippen LogP contribution in [0.15, 0.2) is 78.8 Å². The molecule has 0 radical (unpaired) electrons. The van der Waals surface area contributed by atoms with E-state index in [-0.39, 0.29) is 22.8 Å². The first kappa shape index (κ1) is 20.7. The van der Waals surface area contributed by atoms with Gasteiger partial charge in [0.25, 0.3) is 0 Å². The maximum atomic E-state index is 14.1. The zero-order valence-corrected chi connectivity index (χ0v) is 16.0. The molecule has 152 valence electrons. The van der Waals surface area contributed by atoms with Gasteiger partial charge in [-0.2, -0.15) is 4.98 Å². The second kappa shape index (κ2) is 9.42. The minimum Gasteiger partial charge on any atom is -0.515 e. The number of anilines is 1. The molecule has 1 unspecified atom stereocenters. The number of ketones is 1. The van der Waals surface area contributed by atoms with Gasteiger partial charge < -0.3 is 15.2 Å². The Morgan fingerprint density at radius 1 is 1.17 bits per heavy atom. The predicted molar refractivity (Wildman–Crippen MR) is 110 cm³/mol. The lowest BCUT2D eigenvalue weighted by Gasteiger charge is -2.20. The van der Waals surface area contributed by atoms with Crippen molar-refractivity contribution in [1.29, 1.82) is 5.41 Å². The van der Waals surface area contributed by atoms with E-state index >= 15 is 0 Å². The summed E-state index contributed by atoms with van der Waals surface area (Å²) in [6.07, 6.45) is 3.35. The summed E-state index contributed by atoms with van der Waals surface area (Å²) < 4.78 is 19.2. The van der Waals surface area contributed by atoms with Gasteiger partial charge in [0.15, 0.2) is 5.78 Å². The highest BCUT2D eigenvalue weighted by atomic mass is 19.1. The molecule has 2 aromatic carbocycles. The normalized spacial score (nSPS) is 12.1. The summed E-state index contributed by atoms with van der Waals surface area (Å²) >= 11 is 0. The zero-order valence-electron chi connectivity index (χ0n) is 16.0. The number of halogens is 1. The fourth-order valence-electron chi connectivity index (χ4n) is 2.83. The molecule has 0 aliphatic carbocycles. The Balaban J connectivity index is 1.98. The fourth-order valence-corrected chi connectivity index (χ4v) is 2.83. The first-order valence-electron chi connectivity index (χ1n) is 8.95. The maximum absolute atomic E-state index is 14.1. The fraction of sp³-hybridized carbons (Fsp3) is 0.0909. The molecule has 0 aliphatic heterocycles. The molecule has 3 aromatic rings. The summed E-state index contributed by atoms with van der Waals surface area (Å²) in [5, 5.41) is 21.0. The molecule has 0 aliphatic rings. The Kier molecular flexibility index (Phi) is 6.49. The van der Waals surface area contributed by atoms with Crippen LogP contribution >= 0.6 is 0 Å². The second-order valence-corrected chi connectivity index (χ2v) is 6.20. The number of Topliss-reactive ketones (excluding diaryl/α,β-unsaturated/α-hetero) is 1. The number of nitrogens with zero attached hydrogens (tertiary/aromatic N) is 2. The van der Waals surface area contributed by atoms with E-state index in [1.54, 1.807) is 36.4 Å². The summed E-state index contributed by atoms with van der Waals surface area (Å²) in [5.41, 5.74) is -0.315. The molecular formula is C22H19FN4O3. The van der Waals surface area contributed by atoms with Crippen LogP contribution in [0, 0.1) is 11.2 Å². The molecule has 1 atom stereocenters. The third kappa shape index (κ3) is 4.49. The quantitative estimate of drug-likeness (QED) is 0.298. The smallest absolute Gasteiger partial charge is 0.233 e. The van der Waals surface area contributed by atoms with Gasteiger partial charge in [-0.1, -0.05) is 42.5 Å². The molecule has 1 aromatic heterocycles. The molecule has 3 N–H and O–H groups in total. The Hall–Kier alpha value is -4.07. The molecule has 7 nitrogen and oxygen atoms in total. The third-order valence-electron chi connectivity index (χ3n) is 4.32. The van der Waals surface area contributed by atoms with Crippen molar-refractivity contribution >= 4 is 17.3 Å². The van der Waals surface area contributed by atoms with Gasteiger partial charge in [0.1, 0.15) is 17.7 Å². The Morgan fingerprint density at radius 3 is 2.53 bits per heavy atom. The van der Waals surface area contributed by atoms with Crippen molar-refractivity contribution in [1.82, 2.24) is 9.97 Å². The number of aliphatic hydroxyl groups is 1. The van der Waals surface area contributed by atoms with Crippen molar-refractivity contribution in [3.05, 3.63) is 95.8 Å².